The Balaban J connectivity index is 1.93. The van der Waals surface area contributed by atoms with Gasteiger partial charge in [0.15, 0.2) is 5.69 Å². The van der Waals surface area contributed by atoms with E-state index < -0.39 is 5.97 Å². The van der Waals surface area contributed by atoms with Crippen LogP contribution in [0.3, 0.4) is 0 Å². The Morgan fingerprint density at radius 3 is 3.25 bits per heavy atom. The summed E-state index contributed by atoms with van der Waals surface area (Å²) >= 11 is 0. The summed E-state index contributed by atoms with van der Waals surface area (Å²) in [4.78, 5) is 18.5. The van der Waals surface area contributed by atoms with Crippen LogP contribution in [0.2, 0.25) is 0 Å². The van der Waals surface area contributed by atoms with Crippen LogP contribution in [0.5, 0.6) is 0 Å². The van der Waals surface area contributed by atoms with Gasteiger partial charge in [0.25, 0.3) is 0 Å². The fourth-order valence-electron chi connectivity index (χ4n) is 1.57. The third-order valence-corrected chi connectivity index (χ3v) is 2.39. The molecule has 0 spiro atoms. The summed E-state index contributed by atoms with van der Waals surface area (Å²) in [7, 11) is 0. The molecule has 0 aromatic carbocycles. The van der Waals surface area contributed by atoms with E-state index in [1.807, 2.05) is 0 Å². The molecule has 1 aliphatic heterocycles. The molecule has 0 bridgehead atoms. The standard InChI is InChI=1S/C10H13N3O3/c14-9(15)8-3-4-11-10(13-8)12-6-7-2-1-5-16-7/h3-4,7H,1-2,5-6H2,(H,14,15)(H,11,12,13)/t7-/m0/s1. The number of carboxylic acid groups (broad SMARTS) is 1. The first-order chi connectivity index (χ1) is 7.75. The molecule has 1 fully saturated rings. The first kappa shape index (κ1) is 10.8. The molecule has 6 heteroatoms. The molecule has 1 aliphatic rings. The summed E-state index contributed by atoms with van der Waals surface area (Å²) in [6, 6.07) is 1.36. The fourth-order valence-corrected chi connectivity index (χ4v) is 1.57. The monoisotopic (exact) mass is 223 g/mol. The molecule has 1 aromatic heterocycles. The summed E-state index contributed by atoms with van der Waals surface area (Å²) in [5, 5.41) is 11.7. The van der Waals surface area contributed by atoms with Gasteiger partial charge in [0.1, 0.15) is 0 Å². The van der Waals surface area contributed by atoms with Gasteiger partial charge in [0, 0.05) is 19.3 Å². The van der Waals surface area contributed by atoms with Crippen LogP contribution in [0.25, 0.3) is 0 Å². The molecule has 6 nitrogen and oxygen atoms in total. The van der Waals surface area contributed by atoms with E-state index in [2.05, 4.69) is 15.3 Å². The maximum absolute atomic E-state index is 10.7. The van der Waals surface area contributed by atoms with Crippen molar-refractivity contribution in [3.05, 3.63) is 18.0 Å². The Bertz CT molecular complexity index is 377. The number of nitrogens with zero attached hydrogens (tertiary/aromatic N) is 2. The maximum Gasteiger partial charge on any atom is 0.354 e. The minimum absolute atomic E-state index is 0.00941. The van der Waals surface area contributed by atoms with Gasteiger partial charge in [0.05, 0.1) is 6.10 Å². The number of carbonyl (C=O) groups is 1. The molecule has 0 aliphatic carbocycles. The van der Waals surface area contributed by atoms with Crippen molar-refractivity contribution in [3.63, 3.8) is 0 Å². The minimum atomic E-state index is -1.05. The number of rotatable bonds is 4. The summed E-state index contributed by atoms with van der Waals surface area (Å²) in [6.45, 7) is 1.41. The van der Waals surface area contributed by atoms with Gasteiger partial charge in [-0.05, 0) is 18.9 Å². The average Bonchev–Trinajstić information content (AvgIpc) is 2.79. The zero-order valence-corrected chi connectivity index (χ0v) is 8.72. The molecule has 0 radical (unpaired) electrons. The molecule has 2 rings (SSSR count). The molecule has 0 amide bonds. The third kappa shape index (κ3) is 2.66. The Hall–Kier alpha value is -1.69. The molecule has 1 aromatic rings. The lowest BCUT2D eigenvalue weighted by Gasteiger charge is -2.10. The second-order valence-corrected chi connectivity index (χ2v) is 3.59. The van der Waals surface area contributed by atoms with E-state index in [0.29, 0.717) is 12.5 Å². The van der Waals surface area contributed by atoms with E-state index in [0.717, 1.165) is 19.4 Å². The van der Waals surface area contributed by atoms with Crippen molar-refractivity contribution < 1.29 is 14.6 Å². The van der Waals surface area contributed by atoms with Gasteiger partial charge in [0.2, 0.25) is 5.95 Å². The van der Waals surface area contributed by atoms with Crippen molar-refractivity contribution in [2.75, 3.05) is 18.5 Å². The van der Waals surface area contributed by atoms with Crippen LogP contribution in [0, 0.1) is 0 Å². The van der Waals surface area contributed by atoms with Crippen LogP contribution in [0.4, 0.5) is 5.95 Å². The molecule has 2 heterocycles. The number of anilines is 1. The van der Waals surface area contributed by atoms with Crippen LogP contribution in [0.15, 0.2) is 12.3 Å². The first-order valence-corrected chi connectivity index (χ1v) is 5.17. The van der Waals surface area contributed by atoms with E-state index >= 15 is 0 Å². The van der Waals surface area contributed by atoms with E-state index in [-0.39, 0.29) is 11.8 Å². The zero-order valence-electron chi connectivity index (χ0n) is 8.72. The van der Waals surface area contributed by atoms with Gasteiger partial charge in [-0.15, -0.1) is 0 Å². The van der Waals surface area contributed by atoms with Gasteiger partial charge in [-0.25, -0.2) is 14.8 Å². The first-order valence-electron chi connectivity index (χ1n) is 5.17. The van der Waals surface area contributed by atoms with Crippen molar-refractivity contribution in [1.82, 2.24) is 9.97 Å². The highest BCUT2D eigenvalue weighted by Gasteiger charge is 2.15. The predicted molar refractivity (Wildman–Crippen MR) is 56.5 cm³/mol. The lowest BCUT2D eigenvalue weighted by atomic mass is 10.2. The van der Waals surface area contributed by atoms with Crippen molar-refractivity contribution in [2.45, 2.75) is 18.9 Å². The van der Waals surface area contributed by atoms with Gasteiger partial charge in [-0.3, -0.25) is 0 Å². The lowest BCUT2D eigenvalue weighted by molar-refractivity contribution is 0.0690. The Morgan fingerprint density at radius 2 is 2.56 bits per heavy atom. The van der Waals surface area contributed by atoms with Crippen molar-refractivity contribution in [2.24, 2.45) is 0 Å². The van der Waals surface area contributed by atoms with Gasteiger partial charge < -0.3 is 15.2 Å². The van der Waals surface area contributed by atoms with E-state index in [1.54, 1.807) is 0 Å². The SMILES string of the molecule is O=C(O)c1ccnc(NC[C@@H]2CCCO2)n1. The zero-order chi connectivity index (χ0) is 11.4. The molecule has 1 atom stereocenters. The number of carboxylic acids is 1. The molecule has 0 saturated carbocycles. The van der Waals surface area contributed by atoms with Crippen LogP contribution >= 0.6 is 0 Å². The molecule has 16 heavy (non-hydrogen) atoms. The third-order valence-electron chi connectivity index (χ3n) is 2.39. The van der Waals surface area contributed by atoms with Crippen LogP contribution in [0.1, 0.15) is 23.3 Å². The summed E-state index contributed by atoms with van der Waals surface area (Å²) in [5.41, 5.74) is -0.00941. The normalized spacial score (nSPS) is 19.6. The number of hydrogen-bond donors (Lipinski definition) is 2. The molecule has 2 N–H and O–H groups in total. The number of aromatic carboxylic acids is 1. The largest absolute Gasteiger partial charge is 0.477 e. The average molecular weight is 223 g/mol. The van der Waals surface area contributed by atoms with Gasteiger partial charge in [-0.1, -0.05) is 0 Å². The molecular formula is C10H13N3O3. The molecule has 0 unspecified atom stereocenters. The maximum atomic E-state index is 10.7. The smallest absolute Gasteiger partial charge is 0.354 e. The number of nitrogens with one attached hydrogen (secondary N) is 1. The quantitative estimate of drug-likeness (QED) is 0.784. The Labute approximate surface area is 92.7 Å². The van der Waals surface area contributed by atoms with E-state index in [9.17, 15) is 4.79 Å². The second-order valence-electron chi connectivity index (χ2n) is 3.59. The summed E-state index contributed by atoms with van der Waals surface area (Å²) < 4.78 is 5.42. The Morgan fingerprint density at radius 1 is 1.69 bits per heavy atom. The molecule has 86 valence electrons. The highest BCUT2D eigenvalue weighted by molar-refractivity contribution is 5.85. The van der Waals surface area contributed by atoms with Gasteiger partial charge >= 0.3 is 5.97 Å². The minimum Gasteiger partial charge on any atom is -0.477 e. The van der Waals surface area contributed by atoms with E-state index in [1.165, 1.54) is 12.3 Å². The van der Waals surface area contributed by atoms with Crippen LogP contribution in [-0.2, 0) is 4.74 Å². The molecular weight excluding hydrogens is 210 g/mol. The van der Waals surface area contributed by atoms with Crippen LogP contribution in [-0.4, -0.2) is 40.3 Å². The Kier molecular flexibility index (Phi) is 3.31. The van der Waals surface area contributed by atoms with Crippen molar-refractivity contribution in [3.8, 4) is 0 Å². The van der Waals surface area contributed by atoms with Gasteiger partial charge in [-0.2, -0.15) is 0 Å². The fraction of sp³-hybridized carbons (Fsp3) is 0.500. The summed E-state index contributed by atoms with van der Waals surface area (Å²) in [6.07, 6.45) is 3.69. The molecule has 1 saturated heterocycles. The summed E-state index contributed by atoms with van der Waals surface area (Å²) in [5.74, 6) is -0.724. The van der Waals surface area contributed by atoms with Crippen LogP contribution < -0.4 is 5.32 Å². The highest BCUT2D eigenvalue weighted by atomic mass is 16.5. The second kappa shape index (κ2) is 4.89. The number of ether oxygens (including phenoxy) is 1. The lowest BCUT2D eigenvalue weighted by Crippen LogP contribution is -2.20. The van der Waals surface area contributed by atoms with E-state index in [4.69, 9.17) is 9.84 Å². The highest BCUT2D eigenvalue weighted by Crippen LogP contribution is 2.12. The predicted octanol–water partition coefficient (Wildman–Crippen LogP) is 0.766. The topological polar surface area (TPSA) is 84.3 Å². The van der Waals surface area contributed by atoms with Crippen molar-refractivity contribution in [1.29, 1.82) is 0 Å². The number of aromatic nitrogens is 2. The number of hydrogen-bond acceptors (Lipinski definition) is 5. The van der Waals surface area contributed by atoms with Crippen molar-refractivity contribution >= 4 is 11.9 Å².